The Hall–Kier alpha value is -1.18. The summed E-state index contributed by atoms with van der Waals surface area (Å²) in [7, 11) is 0. The van der Waals surface area contributed by atoms with Crippen molar-refractivity contribution in [1.29, 1.82) is 0 Å². The van der Waals surface area contributed by atoms with E-state index in [4.69, 9.17) is 0 Å². The second-order valence-electron chi connectivity index (χ2n) is 4.20. The highest BCUT2D eigenvalue weighted by Gasteiger charge is 2.23. The summed E-state index contributed by atoms with van der Waals surface area (Å²) in [6, 6.07) is 7.65. The van der Waals surface area contributed by atoms with Gasteiger partial charge in [-0.25, -0.2) is 4.39 Å². The molecule has 0 unspecified atom stereocenters. The Balaban J connectivity index is 2.18. The van der Waals surface area contributed by atoms with Crippen LogP contribution in [0.5, 0.6) is 0 Å². The van der Waals surface area contributed by atoms with Crippen molar-refractivity contribution in [2.75, 3.05) is 0 Å². The van der Waals surface area contributed by atoms with E-state index in [1.54, 1.807) is 0 Å². The molecule has 1 aromatic carbocycles. The smallest absolute Gasteiger partial charge is 0.150 e. The zero-order valence-corrected chi connectivity index (χ0v) is 8.66. The van der Waals surface area contributed by atoms with Crippen molar-refractivity contribution in [3.63, 3.8) is 0 Å². The minimum absolute atomic E-state index is 0.374. The fourth-order valence-electron chi connectivity index (χ4n) is 2.35. The molecule has 0 spiro atoms. The molecule has 0 radical (unpaired) electrons. The first-order valence-electron chi connectivity index (χ1n) is 5.49. The van der Waals surface area contributed by atoms with E-state index in [0.717, 1.165) is 30.3 Å². The van der Waals surface area contributed by atoms with Crippen LogP contribution >= 0.6 is 0 Å². The number of carbonyl (C=O) groups excluding carboxylic acids is 1. The maximum absolute atomic E-state index is 13.0. The molecule has 1 nitrogen and oxygen atoms in total. The number of rotatable bonds is 2. The van der Waals surface area contributed by atoms with Gasteiger partial charge in [0.2, 0.25) is 0 Å². The summed E-state index contributed by atoms with van der Waals surface area (Å²) in [6.45, 7) is 0. The van der Waals surface area contributed by atoms with Crippen LogP contribution in [0.25, 0.3) is 0 Å². The van der Waals surface area contributed by atoms with Gasteiger partial charge in [-0.3, -0.25) is 4.79 Å². The number of alkyl halides is 1. The molecule has 0 bridgehead atoms. The lowest BCUT2D eigenvalue weighted by Gasteiger charge is -2.25. The number of hydrogen-bond acceptors (Lipinski definition) is 1. The van der Waals surface area contributed by atoms with Crippen LogP contribution in [0.15, 0.2) is 24.3 Å². The van der Waals surface area contributed by atoms with Crippen molar-refractivity contribution in [1.82, 2.24) is 0 Å². The van der Waals surface area contributed by atoms with E-state index >= 15 is 0 Å². The first kappa shape index (κ1) is 10.3. The van der Waals surface area contributed by atoms with E-state index in [2.05, 4.69) is 0 Å². The highest BCUT2D eigenvalue weighted by Crippen LogP contribution is 2.35. The van der Waals surface area contributed by atoms with E-state index in [1.165, 1.54) is 0 Å². The number of hydrogen-bond donors (Lipinski definition) is 0. The van der Waals surface area contributed by atoms with Crippen molar-refractivity contribution >= 4 is 6.29 Å². The van der Waals surface area contributed by atoms with Gasteiger partial charge in [-0.2, -0.15) is 0 Å². The predicted octanol–water partition coefficient (Wildman–Crippen LogP) is 3.49. The third-order valence-electron chi connectivity index (χ3n) is 3.22. The van der Waals surface area contributed by atoms with Gasteiger partial charge in [-0.05, 0) is 37.2 Å². The van der Waals surface area contributed by atoms with Crippen molar-refractivity contribution in [2.45, 2.75) is 37.8 Å². The van der Waals surface area contributed by atoms with Gasteiger partial charge in [-0.15, -0.1) is 0 Å². The number of halogens is 1. The lowest BCUT2D eigenvalue weighted by molar-refractivity contribution is 0.112. The molecule has 0 atom stereocenters. The lowest BCUT2D eigenvalue weighted by Crippen LogP contribution is -2.14. The molecule has 1 fully saturated rings. The zero-order valence-electron chi connectivity index (χ0n) is 8.66. The molecular weight excluding hydrogens is 191 g/mol. The lowest BCUT2D eigenvalue weighted by atomic mass is 9.81. The molecule has 0 saturated heterocycles. The van der Waals surface area contributed by atoms with Crippen LogP contribution in [-0.4, -0.2) is 12.5 Å². The number of aldehydes is 1. The molecule has 0 heterocycles. The Morgan fingerprint density at radius 3 is 2.47 bits per heavy atom. The molecule has 1 aliphatic carbocycles. The van der Waals surface area contributed by atoms with Crippen LogP contribution < -0.4 is 0 Å². The second kappa shape index (κ2) is 4.56. The summed E-state index contributed by atoms with van der Waals surface area (Å²) < 4.78 is 13.0. The molecule has 80 valence electrons. The Kier molecular flexibility index (Phi) is 3.14. The van der Waals surface area contributed by atoms with Crippen LogP contribution in [0.3, 0.4) is 0 Å². The summed E-state index contributed by atoms with van der Waals surface area (Å²) in [5.74, 6) is 0.374. The molecule has 2 heteroatoms. The fourth-order valence-corrected chi connectivity index (χ4v) is 2.35. The van der Waals surface area contributed by atoms with Gasteiger partial charge in [0.15, 0.2) is 0 Å². The molecule has 2 rings (SSSR count). The molecule has 0 aliphatic heterocycles. The Morgan fingerprint density at radius 1 is 1.13 bits per heavy atom. The van der Waals surface area contributed by atoms with Gasteiger partial charge >= 0.3 is 0 Å². The van der Waals surface area contributed by atoms with Crippen molar-refractivity contribution in [2.24, 2.45) is 0 Å². The normalized spacial score (nSPS) is 26.2. The first-order chi connectivity index (χ1) is 7.31. The SMILES string of the molecule is O=Cc1ccccc1C1CCC(F)CC1. The van der Waals surface area contributed by atoms with E-state index in [1.807, 2.05) is 24.3 Å². The summed E-state index contributed by atoms with van der Waals surface area (Å²) in [4.78, 5) is 10.9. The van der Waals surface area contributed by atoms with E-state index < -0.39 is 6.17 Å². The van der Waals surface area contributed by atoms with Crippen molar-refractivity contribution < 1.29 is 9.18 Å². The highest BCUT2D eigenvalue weighted by atomic mass is 19.1. The van der Waals surface area contributed by atoms with Crippen LogP contribution in [0.2, 0.25) is 0 Å². The zero-order chi connectivity index (χ0) is 10.7. The fraction of sp³-hybridized carbons (Fsp3) is 0.462. The van der Waals surface area contributed by atoms with Crippen LogP contribution in [-0.2, 0) is 0 Å². The Morgan fingerprint density at radius 2 is 1.80 bits per heavy atom. The van der Waals surface area contributed by atoms with Gasteiger partial charge in [0.1, 0.15) is 12.5 Å². The number of carbonyl (C=O) groups is 1. The molecule has 0 N–H and O–H groups in total. The van der Waals surface area contributed by atoms with Gasteiger partial charge in [0, 0.05) is 5.56 Å². The standard InChI is InChI=1S/C13H15FO/c14-12-7-5-10(6-8-12)13-4-2-1-3-11(13)9-15/h1-4,9-10,12H,5-8H2. The highest BCUT2D eigenvalue weighted by molar-refractivity contribution is 5.77. The average Bonchev–Trinajstić information content (AvgIpc) is 2.30. The second-order valence-corrected chi connectivity index (χ2v) is 4.20. The van der Waals surface area contributed by atoms with Gasteiger partial charge in [0.25, 0.3) is 0 Å². The van der Waals surface area contributed by atoms with Gasteiger partial charge < -0.3 is 0 Å². The van der Waals surface area contributed by atoms with Crippen molar-refractivity contribution in [3.05, 3.63) is 35.4 Å². The van der Waals surface area contributed by atoms with Gasteiger partial charge in [-0.1, -0.05) is 24.3 Å². The molecular formula is C13H15FO. The van der Waals surface area contributed by atoms with E-state index in [9.17, 15) is 9.18 Å². The predicted molar refractivity (Wildman–Crippen MR) is 57.9 cm³/mol. The molecule has 0 aromatic heterocycles. The maximum atomic E-state index is 13.0. The Labute approximate surface area is 89.3 Å². The van der Waals surface area contributed by atoms with Crippen LogP contribution in [0.1, 0.15) is 47.5 Å². The van der Waals surface area contributed by atoms with E-state index in [0.29, 0.717) is 18.8 Å². The quantitative estimate of drug-likeness (QED) is 0.677. The third kappa shape index (κ3) is 2.25. The third-order valence-corrected chi connectivity index (χ3v) is 3.22. The first-order valence-corrected chi connectivity index (χ1v) is 5.49. The Bertz CT molecular complexity index is 340. The average molecular weight is 206 g/mol. The monoisotopic (exact) mass is 206 g/mol. The minimum Gasteiger partial charge on any atom is -0.298 e. The minimum atomic E-state index is -0.635. The van der Waals surface area contributed by atoms with E-state index in [-0.39, 0.29) is 0 Å². The maximum Gasteiger partial charge on any atom is 0.150 e. The van der Waals surface area contributed by atoms with Crippen molar-refractivity contribution in [3.8, 4) is 0 Å². The topological polar surface area (TPSA) is 17.1 Å². The molecule has 1 aliphatic rings. The number of benzene rings is 1. The largest absolute Gasteiger partial charge is 0.298 e. The summed E-state index contributed by atoms with van der Waals surface area (Å²) >= 11 is 0. The summed E-state index contributed by atoms with van der Waals surface area (Å²) in [6.07, 6.45) is 3.27. The van der Waals surface area contributed by atoms with Gasteiger partial charge in [0.05, 0.1) is 0 Å². The summed E-state index contributed by atoms with van der Waals surface area (Å²) in [5, 5.41) is 0. The molecule has 1 saturated carbocycles. The van der Waals surface area contributed by atoms with Crippen LogP contribution in [0, 0.1) is 0 Å². The summed E-state index contributed by atoms with van der Waals surface area (Å²) in [5.41, 5.74) is 1.86. The molecule has 15 heavy (non-hydrogen) atoms. The van der Waals surface area contributed by atoms with Crippen LogP contribution in [0.4, 0.5) is 4.39 Å². The molecule has 1 aromatic rings. The molecule has 0 amide bonds.